The topological polar surface area (TPSA) is 20.2 Å². The molecule has 1 nitrogen and oxygen atoms in total. The quantitative estimate of drug-likeness (QED) is 0.713. The first-order valence-electron chi connectivity index (χ1n) is 3.92. The van der Waals surface area contributed by atoms with Crippen LogP contribution in [0.3, 0.4) is 0 Å². The van der Waals surface area contributed by atoms with E-state index >= 15 is 0 Å². The summed E-state index contributed by atoms with van der Waals surface area (Å²) < 4.78 is 0. The Morgan fingerprint density at radius 2 is 2.25 bits per heavy atom. The van der Waals surface area contributed by atoms with Crippen LogP contribution in [0.5, 0.6) is 5.75 Å². The molecule has 0 saturated carbocycles. The second kappa shape index (κ2) is 3.23. The van der Waals surface area contributed by atoms with E-state index in [0.29, 0.717) is 5.75 Å². The Morgan fingerprint density at radius 3 is 2.92 bits per heavy atom. The standard InChI is InChI=1S/C10H10OS/c11-10-3-1-2-8(6-10)9-4-5-12-7-9/h1-4,6,11H,5,7H2. The molecule has 0 fully saturated rings. The van der Waals surface area contributed by atoms with E-state index in [1.165, 1.54) is 5.57 Å². The Balaban J connectivity index is 2.33. The molecule has 2 heteroatoms. The first kappa shape index (κ1) is 7.74. The molecule has 0 atom stereocenters. The number of hydrogen-bond donors (Lipinski definition) is 1. The minimum atomic E-state index is 0.352. The number of benzene rings is 1. The third kappa shape index (κ3) is 1.48. The summed E-state index contributed by atoms with van der Waals surface area (Å²) >= 11 is 1.91. The van der Waals surface area contributed by atoms with E-state index < -0.39 is 0 Å². The van der Waals surface area contributed by atoms with Crippen molar-refractivity contribution in [2.75, 3.05) is 11.5 Å². The molecule has 0 spiro atoms. The lowest BCUT2D eigenvalue weighted by atomic mass is 10.1. The van der Waals surface area contributed by atoms with Gasteiger partial charge in [-0.05, 0) is 23.3 Å². The number of rotatable bonds is 1. The molecule has 2 rings (SSSR count). The maximum atomic E-state index is 9.24. The average molecular weight is 178 g/mol. The Hall–Kier alpha value is -0.890. The molecule has 1 heterocycles. The van der Waals surface area contributed by atoms with Crippen LogP contribution in [-0.2, 0) is 0 Å². The van der Waals surface area contributed by atoms with Gasteiger partial charge in [-0.3, -0.25) is 0 Å². The Morgan fingerprint density at radius 1 is 1.33 bits per heavy atom. The van der Waals surface area contributed by atoms with Crippen LogP contribution in [0.1, 0.15) is 5.56 Å². The summed E-state index contributed by atoms with van der Waals surface area (Å²) in [4.78, 5) is 0. The van der Waals surface area contributed by atoms with Gasteiger partial charge in [0.2, 0.25) is 0 Å². The maximum absolute atomic E-state index is 9.24. The summed E-state index contributed by atoms with van der Waals surface area (Å²) in [5, 5.41) is 9.24. The van der Waals surface area contributed by atoms with Crippen molar-refractivity contribution in [3.05, 3.63) is 35.9 Å². The van der Waals surface area contributed by atoms with Gasteiger partial charge in [-0.1, -0.05) is 18.2 Å². The number of thioether (sulfide) groups is 1. The van der Waals surface area contributed by atoms with E-state index in [2.05, 4.69) is 6.08 Å². The summed E-state index contributed by atoms with van der Waals surface area (Å²) in [6.45, 7) is 0. The molecule has 0 bridgehead atoms. The average Bonchev–Trinajstić information content (AvgIpc) is 2.56. The molecule has 1 aromatic rings. The van der Waals surface area contributed by atoms with E-state index in [1.54, 1.807) is 6.07 Å². The van der Waals surface area contributed by atoms with Crippen LogP contribution in [-0.4, -0.2) is 16.6 Å². The first-order chi connectivity index (χ1) is 5.86. The van der Waals surface area contributed by atoms with Gasteiger partial charge in [0, 0.05) is 11.5 Å². The zero-order valence-electron chi connectivity index (χ0n) is 6.66. The minimum Gasteiger partial charge on any atom is -0.508 e. The molecular formula is C10H10OS. The molecule has 0 radical (unpaired) electrons. The highest BCUT2D eigenvalue weighted by Crippen LogP contribution is 2.27. The van der Waals surface area contributed by atoms with Crippen molar-refractivity contribution in [2.24, 2.45) is 0 Å². The summed E-state index contributed by atoms with van der Waals surface area (Å²) in [6.07, 6.45) is 2.22. The number of phenols is 1. The third-order valence-electron chi connectivity index (χ3n) is 1.92. The van der Waals surface area contributed by atoms with Crippen molar-refractivity contribution >= 4 is 17.3 Å². The number of hydrogen-bond acceptors (Lipinski definition) is 2. The Labute approximate surface area is 76.1 Å². The fourth-order valence-electron chi connectivity index (χ4n) is 1.29. The SMILES string of the molecule is Oc1cccc(C2=CCSC2)c1. The molecule has 1 aromatic carbocycles. The van der Waals surface area contributed by atoms with Gasteiger partial charge < -0.3 is 5.11 Å². The highest BCUT2D eigenvalue weighted by Gasteiger charge is 2.06. The van der Waals surface area contributed by atoms with Crippen molar-refractivity contribution < 1.29 is 5.11 Å². The summed E-state index contributed by atoms with van der Waals surface area (Å²) in [5.41, 5.74) is 2.50. The Kier molecular flexibility index (Phi) is 2.09. The van der Waals surface area contributed by atoms with Crippen LogP contribution in [0.2, 0.25) is 0 Å². The highest BCUT2D eigenvalue weighted by molar-refractivity contribution is 8.00. The highest BCUT2D eigenvalue weighted by atomic mass is 32.2. The largest absolute Gasteiger partial charge is 0.508 e. The third-order valence-corrected chi connectivity index (χ3v) is 2.84. The van der Waals surface area contributed by atoms with Gasteiger partial charge in [0.1, 0.15) is 5.75 Å². The minimum absolute atomic E-state index is 0.352. The van der Waals surface area contributed by atoms with Gasteiger partial charge >= 0.3 is 0 Å². The zero-order valence-corrected chi connectivity index (χ0v) is 7.47. The second-order valence-electron chi connectivity index (χ2n) is 2.79. The molecular weight excluding hydrogens is 168 g/mol. The molecule has 1 aliphatic heterocycles. The molecule has 0 unspecified atom stereocenters. The molecule has 0 amide bonds. The smallest absolute Gasteiger partial charge is 0.116 e. The molecule has 12 heavy (non-hydrogen) atoms. The van der Waals surface area contributed by atoms with E-state index in [4.69, 9.17) is 0 Å². The zero-order chi connectivity index (χ0) is 8.39. The van der Waals surface area contributed by atoms with Gasteiger partial charge in [0.15, 0.2) is 0 Å². The normalized spacial score (nSPS) is 16.2. The van der Waals surface area contributed by atoms with Crippen molar-refractivity contribution in [3.8, 4) is 5.75 Å². The van der Waals surface area contributed by atoms with Crippen molar-refractivity contribution in [3.63, 3.8) is 0 Å². The van der Waals surface area contributed by atoms with Crippen LogP contribution >= 0.6 is 11.8 Å². The maximum Gasteiger partial charge on any atom is 0.116 e. The molecule has 0 aliphatic carbocycles. The van der Waals surface area contributed by atoms with Gasteiger partial charge in [-0.2, -0.15) is 11.8 Å². The fourth-order valence-corrected chi connectivity index (χ4v) is 2.24. The van der Waals surface area contributed by atoms with Crippen LogP contribution in [0.15, 0.2) is 30.3 Å². The monoisotopic (exact) mass is 178 g/mol. The fraction of sp³-hybridized carbons (Fsp3) is 0.200. The van der Waals surface area contributed by atoms with Crippen LogP contribution in [0.25, 0.3) is 5.57 Å². The summed E-state index contributed by atoms with van der Waals surface area (Å²) in [6, 6.07) is 7.44. The Bertz CT molecular complexity index is 317. The molecule has 1 N–H and O–H groups in total. The predicted octanol–water partition coefficient (Wildman–Crippen LogP) is 2.52. The van der Waals surface area contributed by atoms with Gasteiger partial charge in [-0.15, -0.1) is 0 Å². The lowest BCUT2D eigenvalue weighted by Crippen LogP contribution is -1.82. The van der Waals surface area contributed by atoms with Crippen LogP contribution in [0.4, 0.5) is 0 Å². The molecule has 0 saturated heterocycles. The molecule has 1 aliphatic rings. The number of aromatic hydroxyl groups is 1. The lowest BCUT2D eigenvalue weighted by Gasteiger charge is -2.00. The lowest BCUT2D eigenvalue weighted by molar-refractivity contribution is 0.475. The summed E-state index contributed by atoms with van der Waals surface area (Å²) in [5.74, 6) is 2.53. The number of phenolic OH excluding ortho intramolecular Hbond substituents is 1. The van der Waals surface area contributed by atoms with Gasteiger partial charge in [0.25, 0.3) is 0 Å². The van der Waals surface area contributed by atoms with E-state index in [-0.39, 0.29) is 0 Å². The van der Waals surface area contributed by atoms with Crippen LogP contribution < -0.4 is 0 Å². The molecule has 0 aromatic heterocycles. The van der Waals surface area contributed by atoms with Gasteiger partial charge in [0.05, 0.1) is 0 Å². The van der Waals surface area contributed by atoms with Gasteiger partial charge in [-0.25, -0.2) is 0 Å². The van der Waals surface area contributed by atoms with E-state index in [9.17, 15) is 5.11 Å². The molecule has 62 valence electrons. The van der Waals surface area contributed by atoms with E-state index in [1.807, 2.05) is 30.0 Å². The van der Waals surface area contributed by atoms with Crippen molar-refractivity contribution in [1.82, 2.24) is 0 Å². The van der Waals surface area contributed by atoms with Crippen molar-refractivity contribution in [2.45, 2.75) is 0 Å². The second-order valence-corrected chi connectivity index (χ2v) is 3.83. The first-order valence-corrected chi connectivity index (χ1v) is 5.08. The predicted molar refractivity (Wildman–Crippen MR) is 53.4 cm³/mol. The van der Waals surface area contributed by atoms with Crippen molar-refractivity contribution in [1.29, 1.82) is 0 Å². The summed E-state index contributed by atoms with van der Waals surface area (Å²) in [7, 11) is 0. The van der Waals surface area contributed by atoms with Crippen LogP contribution in [0, 0.1) is 0 Å². The van der Waals surface area contributed by atoms with E-state index in [0.717, 1.165) is 17.1 Å².